The average molecular weight is 231 g/mol. The summed E-state index contributed by atoms with van der Waals surface area (Å²) in [5, 5.41) is 6.60. The van der Waals surface area contributed by atoms with Crippen LogP contribution in [0.3, 0.4) is 0 Å². The van der Waals surface area contributed by atoms with Gasteiger partial charge in [-0.3, -0.25) is 9.78 Å². The van der Waals surface area contributed by atoms with Gasteiger partial charge in [0.1, 0.15) is 5.76 Å². The average Bonchev–Trinajstić information content (AvgIpc) is 2.62. The van der Waals surface area contributed by atoms with Crippen molar-refractivity contribution in [3.63, 3.8) is 0 Å². The Morgan fingerprint density at radius 2 is 2.06 bits per heavy atom. The minimum Gasteiger partial charge on any atom is -0.361 e. The fourth-order valence-corrected chi connectivity index (χ4v) is 1.56. The minimum atomic E-state index is -0.0920. The van der Waals surface area contributed by atoms with Crippen LogP contribution in [0.4, 0.5) is 5.69 Å². The number of carbonyl (C=O) groups is 1. The van der Waals surface area contributed by atoms with Crippen molar-refractivity contribution in [3.05, 3.63) is 41.5 Å². The van der Waals surface area contributed by atoms with E-state index in [4.69, 9.17) is 4.52 Å². The molecule has 2 aromatic heterocycles. The smallest absolute Gasteiger partial charge is 0.229 e. The second-order valence-corrected chi connectivity index (χ2v) is 3.76. The lowest BCUT2D eigenvalue weighted by atomic mass is 10.1. The molecule has 2 heterocycles. The van der Waals surface area contributed by atoms with E-state index in [1.54, 1.807) is 31.5 Å². The Hall–Kier alpha value is -2.17. The van der Waals surface area contributed by atoms with Gasteiger partial charge in [0.2, 0.25) is 5.91 Å². The van der Waals surface area contributed by atoms with Crippen LogP contribution < -0.4 is 5.32 Å². The molecule has 0 fully saturated rings. The molecule has 0 aliphatic carbocycles. The van der Waals surface area contributed by atoms with E-state index in [1.807, 2.05) is 6.92 Å². The molecule has 0 saturated heterocycles. The Bertz CT molecular complexity index is 500. The summed E-state index contributed by atoms with van der Waals surface area (Å²) in [5.41, 5.74) is 2.33. The van der Waals surface area contributed by atoms with Crippen molar-refractivity contribution in [3.8, 4) is 0 Å². The van der Waals surface area contributed by atoms with Gasteiger partial charge >= 0.3 is 0 Å². The van der Waals surface area contributed by atoms with Crippen LogP contribution in [-0.2, 0) is 11.2 Å². The zero-order chi connectivity index (χ0) is 12.3. The highest BCUT2D eigenvalue weighted by atomic mass is 16.5. The molecule has 0 bridgehead atoms. The van der Waals surface area contributed by atoms with E-state index in [0.29, 0.717) is 5.76 Å². The first-order chi connectivity index (χ1) is 8.16. The van der Waals surface area contributed by atoms with Crippen LogP contribution in [0.5, 0.6) is 0 Å². The Labute approximate surface area is 98.8 Å². The maximum absolute atomic E-state index is 11.8. The van der Waals surface area contributed by atoms with Crippen LogP contribution in [0.2, 0.25) is 0 Å². The molecular weight excluding hydrogens is 218 g/mol. The Balaban J connectivity index is 2.03. The Kier molecular flexibility index (Phi) is 3.18. The first kappa shape index (κ1) is 11.3. The highest BCUT2D eigenvalue weighted by Crippen LogP contribution is 2.13. The van der Waals surface area contributed by atoms with E-state index >= 15 is 0 Å². The van der Waals surface area contributed by atoms with E-state index in [0.717, 1.165) is 16.9 Å². The number of anilines is 1. The molecule has 17 heavy (non-hydrogen) atoms. The van der Waals surface area contributed by atoms with Crippen LogP contribution in [-0.4, -0.2) is 16.0 Å². The fraction of sp³-hybridized carbons (Fsp3) is 0.250. The quantitative estimate of drug-likeness (QED) is 0.875. The molecule has 0 aliphatic heterocycles. The van der Waals surface area contributed by atoms with Crippen molar-refractivity contribution in [1.82, 2.24) is 10.1 Å². The Morgan fingerprint density at radius 1 is 1.35 bits per heavy atom. The lowest BCUT2D eigenvalue weighted by molar-refractivity contribution is -0.115. The van der Waals surface area contributed by atoms with Gasteiger partial charge in [-0.2, -0.15) is 0 Å². The maximum Gasteiger partial charge on any atom is 0.229 e. The zero-order valence-corrected chi connectivity index (χ0v) is 9.73. The summed E-state index contributed by atoms with van der Waals surface area (Å²) >= 11 is 0. The van der Waals surface area contributed by atoms with Gasteiger partial charge in [0.05, 0.1) is 12.1 Å². The molecule has 5 heteroatoms. The van der Waals surface area contributed by atoms with E-state index in [9.17, 15) is 4.79 Å². The second-order valence-electron chi connectivity index (χ2n) is 3.76. The van der Waals surface area contributed by atoms with Gasteiger partial charge in [-0.1, -0.05) is 5.16 Å². The molecular formula is C12H13N3O2. The van der Waals surface area contributed by atoms with E-state index in [2.05, 4.69) is 15.5 Å². The van der Waals surface area contributed by atoms with Gasteiger partial charge in [-0.25, -0.2) is 0 Å². The number of carbonyl (C=O) groups excluding carboxylic acids is 1. The predicted octanol–water partition coefficient (Wildman–Crippen LogP) is 1.87. The van der Waals surface area contributed by atoms with E-state index in [1.165, 1.54) is 0 Å². The lowest BCUT2D eigenvalue weighted by Gasteiger charge is -2.04. The van der Waals surface area contributed by atoms with Crippen LogP contribution in [0, 0.1) is 13.8 Å². The van der Waals surface area contributed by atoms with E-state index in [-0.39, 0.29) is 12.3 Å². The normalized spacial score (nSPS) is 10.2. The lowest BCUT2D eigenvalue weighted by Crippen LogP contribution is -2.15. The molecule has 2 aromatic rings. The number of aromatic nitrogens is 2. The van der Waals surface area contributed by atoms with Crippen molar-refractivity contribution in [2.75, 3.05) is 5.32 Å². The fourth-order valence-electron chi connectivity index (χ4n) is 1.56. The number of amides is 1. The van der Waals surface area contributed by atoms with Crippen molar-refractivity contribution in [2.45, 2.75) is 20.3 Å². The first-order valence-corrected chi connectivity index (χ1v) is 5.28. The molecule has 0 radical (unpaired) electrons. The minimum absolute atomic E-state index is 0.0920. The molecule has 1 N–H and O–H groups in total. The molecule has 0 atom stereocenters. The second kappa shape index (κ2) is 4.78. The monoisotopic (exact) mass is 231 g/mol. The molecule has 88 valence electrons. The van der Waals surface area contributed by atoms with Crippen molar-refractivity contribution < 1.29 is 9.32 Å². The third-order valence-electron chi connectivity index (χ3n) is 2.48. The number of hydrogen-bond acceptors (Lipinski definition) is 4. The summed E-state index contributed by atoms with van der Waals surface area (Å²) in [5.74, 6) is 0.595. The number of nitrogens with one attached hydrogen (secondary N) is 1. The summed E-state index contributed by atoms with van der Waals surface area (Å²) in [7, 11) is 0. The van der Waals surface area contributed by atoms with Crippen LogP contribution in [0.1, 0.15) is 17.0 Å². The van der Waals surface area contributed by atoms with Gasteiger partial charge < -0.3 is 9.84 Å². The summed E-state index contributed by atoms with van der Waals surface area (Å²) in [6.07, 6.45) is 3.53. The summed E-state index contributed by atoms with van der Waals surface area (Å²) in [4.78, 5) is 15.7. The highest BCUT2D eigenvalue weighted by molar-refractivity contribution is 5.92. The third-order valence-corrected chi connectivity index (χ3v) is 2.48. The van der Waals surface area contributed by atoms with Gasteiger partial charge in [0.15, 0.2) is 0 Å². The molecule has 0 saturated carbocycles. The van der Waals surface area contributed by atoms with Crippen molar-refractivity contribution in [1.29, 1.82) is 0 Å². The molecule has 0 aliphatic rings. The van der Waals surface area contributed by atoms with Crippen LogP contribution >= 0.6 is 0 Å². The zero-order valence-electron chi connectivity index (χ0n) is 9.73. The van der Waals surface area contributed by atoms with Gasteiger partial charge in [-0.15, -0.1) is 0 Å². The molecule has 2 rings (SSSR count). The number of aryl methyl sites for hydroxylation is 2. The summed E-state index contributed by atoms with van der Waals surface area (Å²) < 4.78 is 5.01. The van der Waals surface area contributed by atoms with Crippen LogP contribution in [0.25, 0.3) is 0 Å². The first-order valence-electron chi connectivity index (χ1n) is 5.28. The van der Waals surface area contributed by atoms with Gasteiger partial charge in [0, 0.05) is 23.6 Å². The van der Waals surface area contributed by atoms with Gasteiger partial charge in [0.25, 0.3) is 0 Å². The van der Waals surface area contributed by atoms with Gasteiger partial charge in [-0.05, 0) is 26.0 Å². The van der Waals surface area contributed by atoms with Crippen molar-refractivity contribution in [2.24, 2.45) is 0 Å². The number of rotatable bonds is 3. The van der Waals surface area contributed by atoms with Crippen molar-refractivity contribution >= 4 is 11.6 Å². The molecule has 0 aromatic carbocycles. The van der Waals surface area contributed by atoms with Crippen LogP contribution in [0.15, 0.2) is 29.0 Å². The molecule has 0 unspecified atom stereocenters. The molecule has 0 spiro atoms. The largest absolute Gasteiger partial charge is 0.361 e. The maximum atomic E-state index is 11.8. The summed E-state index contributed by atoms with van der Waals surface area (Å²) in [6.45, 7) is 3.63. The topological polar surface area (TPSA) is 68.0 Å². The standard InChI is InChI=1S/C12H13N3O2/c1-8-11(9(2)17-15-8)7-12(16)14-10-3-5-13-6-4-10/h3-6H,7H2,1-2H3,(H,13,14,16). The third kappa shape index (κ3) is 2.69. The van der Waals surface area contributed by atoms with E-state index < -0.39 is 0 Å². The molecule has 1 amide bonds. The number of pyridine rings is 1. The number of hydrogen-bond donors (Lipinski definition) is 1. The summed E-state index contributed by atoms with van der Waals surface area (Å²) in [6, 6.07) is 3.48. The predicted molar refractivity (Wildman–Crippen MR) is 62.5 cm³/mol. The Morgan fingerprint density at radius 3 is 2.65 bits per heavy atom. The highest BCUT2D eigenvalue weighted by Gasteiger charge is 2.13. The molecule has 5 nitrogen and oxygen atoms in total. The number of nitrogens with zero attached hydrogens (tertiary/aromatic N) is 2. The SMILES string of the molecule is Cc1noc(C)c1CC(=O)Nc1ccncc1.